The van der Waals surface area contributed by atoms with Crippen molar-refractivity contribution in [3.8, 4) is 11.5 Å². The molecule has 8 heteroatoms. The zero-order chi connectivity index (χ0) is 25.3. The van der Waals surface area contributed by atoms with Gasteiger partial charge in [0.05, 0.1) is 6.61 Å². The number of phosphoric ester groups is 1. The molecule has 0 radical (unpaired) electrons. The highest BCUT2D eigenvalue weighted by Gasteiger charge is 2.36. The first-order chi connectivity index (χ1) is 16.6. The molecule has 2 aromatic carbocycles. The van der Waals surface area contributed by atoms with E-state index < -0.39 is 13.4 Å². The number of Topliss-reactive ketones (excluding diaryl/α,β-unsaturated/α-hetero) is 1. The van der Waals surface area contributed by atoms with Crippen molar-refractivity contribution in [2.24, 2.45) is 11.8 Å². The standard InChI is InChI=1S/C27H33O7P/c1-27(2,3)32-26(29)20-21-17-18-25(28)24(21)16-10-11-19-31-35(30,33-22-12-6-4-7-13-22)34-23-14-8-5-9-15-23/h4-15,21,24H,16-20H2,1-3H3/b11-10-/t21-,24-/m0/s1. The summed E-state index contributed by atoms with van der Waals surface area (Å²) in [4.78, 5) is 24.6. The summed E-state index contributed by atoms with van der Waals surface area (Å²) in [6.07, 6.45) is 5.34. The number of carbonyl (C=O) groups is 2. The summed E-state index contributed by atoms with van der Waals surface area (Å²) in [6.45, 7) is 5.44. The molecule has 188 valence electrons. The Morgan fingerprint density at radius 2 is 1.54 bits per heavy atom. The molecule has 7 nitrogen and oxygen atoms in total. The Hall–Kier alpha value is -2.89. The van der Waals surface area contributed by atoms with E-state index >= 15 is 0 Å². The molecule has 0 N–H and O–H groups in total. The van der Waals surface area contributed by atoms with Crippen molar-refractivity contribution >= 4 is 19.6 Å². The maximum Gasteiger partial charge on any atom is 0.587 e. The van der Waals surface area contributed by atoms with E-state index in [1.165, 1.54) is 0 Å². The maximum absolute atomic E-state index is 13.3. The van der Waals surface area contributed by atoms with Gasteiger partial charge in [-0.15, -0.1) is 0 Å². The molecule has 3 rings (SSSR count). The highest BCUT2D eigenvalue weighted by Crippen LogP contribution is 2.49. The van der Waals surface area contributed by atoms with Gasteiger partial charge >= 0.3 is 13.8 Å². The van der Waals surface area contributed by atoms with Gasteiger partial charge in [-0.25, -0.2) is 4.57 Å². The smallest absolute Gasteiger partial charge is 0.460 e. The summed E-state index contributed by atoms with van der Waals surface area (Å²) in [5, 5.41) is 0. The van der Waals surface area contributed by atoms with Gasteiger partial charge in [-0.2, -0.15) is 0 Å². The third-order valence-corrected chi connectivity index (χ3v) is 6.73. The number of allylic oxidation sites excluding steroid dienone is 1. The van der Waals surface area contributed by atoms with E-state index in [0.29, 0.717) is 30.8 Å². The monoisotopic (exact) mass is 500 g/mol. The lowest BCUT2D eigenvalue weighted by molar-refractivity contribution is -0.156. The first-order valence-electron chi connectivity index (χ1n) is 11.8. The van der Waals surface area contributed by atoms with Crippen molar-refractivity contribution in [2.45, 2.75) is 52.1 Å². The third kappa shape index (κ3) is 9.00. The van der Waals surface area contributed by atoms with Crippen molar-refractivity contribution < 1.29 is 32.5 Å². The number of para-hydroxylation sites is 2. The summed E-state index contributed by atoms with van der Waals surface area (Å²) in [5.41, 5.74) is -0.552. The SMILES string of the molecule is CC(C)(C)OC(=O)C[C@@H]1CCC(=O)[C@H]1C/C=C\COP(=O)(Oc1ccccc1)Oc1ccccc1. The largest absolute Gasteiger partial charge is 0.587 e. The average Bonchev–Trinajstić information content (AvgIpc) is 3.12. The molecule has 1 saturated carbocycles. The number of ether oxygens (including phenoxy) is 1. The van der Waals surface area contributed by atoms with Gasteiger partial charge in [0.15, 0.2) is 0 Å². The molecule has 0 unspecified atom stereocenters. The number of ketones is 1. The highest BCUT2D eigenvalue weighted by atomic mass is 31.2. The Morgan fingerprint density at radius 3 is 2.09 bits per heavy atom. The minimum Gasteiger partial charge on any atom is -0.460 e. The molecule has 0 bridgehead atoms. The lowest BCUT2D eigenvalue weighted by atomic mass is 9.89. The number of hydrogen-bond acceptors (Lipinski definition) is 7. The van der Waals surface area contributed by atoms with Crippen molar-refractivity contribution in [3.63, 3.8) is 0 Å². The number of esters is 1. The predicted molar refractivity (Wildman–Crippen MR) is 133 cm³/mol. The Balaban J connectivity index is 1.57. The van der Waals surface area contributed by atoms with Crippen LogP contribution in [0.5, 0.6) is 11.5 Å². The molecule has 2 atom stereocenters. The van der Waals surface area contributed by atoms with Gasteiger partial charge < -0.3 is 13.8 Å². The number of rotatable bonds is 11. The minimum atomic E-state index is -3.97. The fourth-order valence-electron chi connectivity index (χ4n) is 3.88. The number of hydrogen-bond donors (Lipinski definition) is 0. The Kier molecular flexibility index (Phi) is 9.30. The predicted octanol–water partition coefficient (Wildman–Crippen LogP) is 6.54. The molecule has 0 saturated heterocycles. The van der Waals surface area contributed by atoms with E-state index in [9.17, 15) is 14.2 Å². The quantitative estimate of drug-likeness (QED) is 0.197. The van der Waals surface area contributed by atoms with Crippen LogP contribution >= 0.6 is 7.82 Å². The number of phosphoric acid groups is 1. The van der Waals surface area contributed by atoms with Crippen LogP contribution in [0.2, 0.25) is 0 Å². The molecule has 0 aliphatic heterocycles. The van der Waals surface area contributed by atoms with Crippen LogP contribution < -0.4 is 9.05 Å². The fraction of sp³-hybridized carbons (Fsp3) is 0.407. The van der Waals surface area contributed by atoms with Gasteiger partial charge in [-0.05, 0) is 63.8 Å². The van der Waals surface area contributed by atoms with E-state index in [1.807, 2.05) is 39.0 Å². The molecule has 0 heterocycles. The molecule has 35 heavy (non-hydrogen) atoms. The van der Waals surface area contributed by atoms with Crippen LogP contribution in [-0.2, 0) is 23.4 Å². The van der Waals surface area contributed by atoms with Crippen LogP contribution in [0, 0.1) is 11.8 Å². The summed E-state index contributed by atoms with van der Waals surface area (Å²) in [6, 6.07) is 17.3. The van der Waals surface area contributed by atoms with Crippen molar-refractivity contribution in [3.05, 3.63) is 72.8 Å². The normalized spacial score (nSPS) is 18.5. The molecule has 0 amide bonds. The lowest BCUT2D eigenvalue weighted by Crippen LogP contribution is -2.26. The zero-order valence-electron chi connectivity index (χ0n) is 20.4. The van der Waals surface area contributed by atoms with Crippen LogP contribution in [0.3, 0.4) is 0 Å². The third-order valence-electron chi connectivity index (χ3n) is 5.40. The maximum atomic E-state index is 13.3. The van der Waals surface area contributed by atoms with Gasteiger partial charge in [0.1, 0.15) is 22.9 Å². The van der Waals surface area contributed by atoms with Crippen molar-refractivity contribution in [1.29, 1.82) is 0 Å². The van der Waals surface area contributed by atoms with Gasteiger partial charge in [0.25, 0.3) is 0 Å². The van der Waals surface area contributed by atoms with Gasteiger partial charge in [-0.1, -0.05) is 48.6 Å². The Labute approximate surface area is 207 Å². The summed E-state index contributed by atoms with van der Waals surface area (Å²) >= 11 is 0. The van der Waals surface area contributed by atoms with E-state index in [-0.39, 0.29) is 36.6 Å². The Morgan fingerprint density at radius 1 is 0.971 bits per heavy atom. The second-order valence-electron chi connectivity index (χ2n) is 9.42. The second kappa shape index (κ2) is 12.2. The van der Waals surface area contributed by atoms with E-state index in [1.54, 1.807) is 54.6 Å². The van der Waals surface area contributed by atoms with Gasteiger partial charge in [-0.3, -0.25) is 14.1 Å². The summed E-state index contributed by atoms with van der Waals surface area (Å²) in [7, 11) is -3.97. The van der Waals surface area contributed by atoms with Crippen LogP contribution in [0.25, 0.3) is 0 Å². The van der Waals surface area contributed by atoms with E-state index in [2.05, 4.69) is 0 Å². The van der Waals surface area contributed by atoms with E-state index in [0.717, 1.165) is 0 Å². The minimum absolute atomic E-state index is 0.0331. The molecule has 2 aromatic rings. The molecule has 0 spiro atoms. The molecular formula is C27H33O7P. The summed E-state index contributed by atoms with van der Waals surface area (Å²) in [5.74, 6) is 0.291. The average molecular weight is 501 g/mol. The molecule has 1 fully saturated rings. The molecular weight excluding hydrogens is 467 g/mol. The van der Waals surface area contributed by atoms with Crippen LogP contribution in [0.4, 0.5) is 0 Å². The first-order valence-corrected chi connectivity index (χ1v) is 13.2. The number of benzene rings is 2. The van der Waals surface area contributed by atoms with Crippen LogP contribution in [0.15, 0.2) is 72.8 Å². The highest BCUT2D eigenvalue weighted by molar-refractivity contribution is 7.49. The topological polar surface area (TPSA) is 88.1 Å². The molecule has 1 aliphatic rings. The van der Waals surface area contributed by atoms with E-state index in [4.69, 9.17) is 18.3 Å². The summed E-state index contributed by atoms with van der Waals surface area (Å²) < 4.78 is 35.4. The number of carbonyl (C=O) groups excluding carboxylic acids is 2. The zero-order valence-corrected chi connectivity index (χ0v) is 21.3. The lowest BCUT2D eigenvalue weighted by Gasteiger charge is -2.22. The van der Waals surface area contributed by atoms with Gasteiger partial charge in [0.2, 0.25) is 0 Å². The van der Waals surface area contributed by atoms with Crippen molar-refractivity contribution in [2.75, 3.05) is 6.61 Å². The second-order valence-corrected chi connectivity index (χ2v) is 10.9. The Bertz CT molecular complexity index is 999. The molecule has 1 aliphatic carbocycles. The van der Waals surface area contributed by atoms with Crippen LogP contribution in [-0.4, -0.2) is 24.0 Å². The molecule has 0 aromatic heterocycles. The fourth-order valence-corrected chi connectivity index (χ4v) is 5.05. The van der Waals surface area contributed by atoms with Gasteiger partial charge in [0, 0.05) is 18.8 Å². The first kappa shape index (κ1) is 26.7. The van der Waals surface area contributed by atoms with Crippen LogP contribution in [0.1, 0.15) is 46.5 Å². The van der Waals surface area contributed by atoms with Crippen molar-refractivity contribution in [1.82, 2.24) is 0 Å².